The highest BCUT2D eigenvalue weighted by Crippen LogP contribution is 2.31. The summed E-state index contributed by atoms with van der Waals surface area (Å²) in [5, 5.41) is 2.95. The molecular formula is C20H25F2N3O2. The summed E-state index contributed by atoms with van der Waals surface area (Å²) in [7, 11) is 2.03. The molecule has 1 saturated heterocycles. The van der Waals surface area contributed by atoms with Gasteiger partial charge < -0.3 is 14.6 Å². The van der Waals surface area contributed by atoms with Crippen LogP contribution in [-0.2, 0) is 18.3 Å². The molecule has 0 spiro atoms. The fraction of sp³-hybridized carbons (Fsp3) is 0.450. The first-order chi connectivity index (χ1) is 13.0. The van der Waals surface area contributed by atoms with E-state index in [0.29, 0.717) is 19.5 Å². The van der Waals surface area contributed by atoms with Gasteiger partial charge in [-0.25, -0.2) is 0 Å². The summed E-state index contributed by atoms with van der Waals surface area (Å²) in [5.74, 6) is 0.146. The predicted octanol–water partition coefficient (Wildman–Crippen LogP) is 3.12. The zero-order valence-corrected chi connectivity index (χ0v) is 15.4. The molecule has 1 atom stereocenters. The number of alkyl halides is 2. The normalized spacial score (nSPS) is 17.4. The Bertz CT molecular complexity index is 746. The third-order valence-electron chi connectivity index (χ3n) is 4.92. The minimum atomic E-state index is -2.82. The third-order valence-corrected chi connectivity index (χ3v) is 4.92. The van der Waals surface area contributed by atoms with Crippen molar-refractivity contribution in [3.8, 4) is 5.75 Å². The van der Waals surface area contributed by atoms with E-state index in [9.17, 15) is 13.6 Å². The van der Waals surface area contributed by atoms with E-state index >= 15 is 0 Å². The van der Waals surface area contributed by atoms with Gasteiger partial charge in [0.15, 0.2) is 0 Å². The first-order valence-electron chi connectivity index (χ1n) is 9.18. The van der Waals surface area contributed by atoms with Crippen molar-refractivity contribution in [2.45, 2.75) is 31.9 Å². The number of hydrogen-bond donors (Lipinski definition) is 1. The number of amides is 1. The molecule has 1 aromatic heterocycles. The Balaban J connectivity index is 1.44. The average molecular weight is 377 g/mol. The SMILES string of the molecule is Cn1cccc1[C@H]1CCCN1CC(=O)NCCc1ccc(OC(F)F)cc1. The highest BCUT2D eigenvalue weighted by atomic mass is 19.3. The number of ether oxygens (including phenoxy) is 1. The van der Waals surface area contributed by atoms with Crippen molar-refractivity contribution in [2.75, 3.05) is 19.6 Å². The van der Waals surface area contributed by atoms with Crippen molar-refractivity contribution in [2.24, 2.45) is 7.05 Å². The lowest BCUT2D eigenvalue weighted by Crippen LogP contribution is -2.38. The van der Waals surface area contributed by atoms with Gasteiger partial charge in [0.25, 0.3) is 0 Å². The number of benzene rings is 1. The second-order valence-corrected chi connectivity index (χ2v) is 6.79. The van der Waals surface area contributed by atoms with Crippen molar-refractivity contribution in [3.63, 3.8) is 0 Å². The Morgan fingerprint density at radius 3 is 2.74 bits per heavy atom. The summed E-state index contributed by atoms with van der Waals surface area (Å²) in [6.07, 6.45) is 4.83. The zero-order chi connectivity index (χ0) is 19.2. The maximum atomic E-state index is 12.3. The predicted molar refractivity (Wildman–Crippen MR) is 98.7 cm³/mol. The van der Waals surface area contributed by atoms with Gasteiger partial charge in [0, 0.05) is 25.5 Å². The Kier molecular flexibility index (Phi) is 6.45. The maximum Gasteiger partial charge on any atom is 0.387 e. The molecule has 2 aromatic rings. The fourth-order valence-corrected chi connectivity index (χ4v) is 3.59. The molecule has 0 unspecified atom stereocenters. The molecule has 1 N–H and O–H groups in total. The van der Waals surface area contributed by atoms with E-state index < -0.39 is 6.61 Å². The second-order valence-electron chi connectivity index (χ2n) is 6.79. The van der Waals surface area contributed by atoms with Crippen LogP contribution in [0.25, 0.3) is 0 Å². The van der Waals surface area contributed by atoms with E-state index in [-0.39, 0.29) is 17.7 Å². The van der Waals surface area contributed by atoms with E-state index in [4.69, 9.17) is 0 Å². The van der Waals surface area contributed by atoms with Crippen LogP contribution in [0.1, 0.15) is 30.1 Å². The molecule has 1 fully saturated rings. The van der Waals surface area contributed by atoms with Gasteiger partial charge in [0.1, 0.15) is 5.75 Å². The molecular weight excluding hydrogens is 352 g/mol. The molecule has 7 heteroatoms. The van der Waals surface area contributed by atoms with Crippen LogP contribution in [0, 0.1) is 0 Å². The van der Waals surface area contributed by atoms with Crippen molar-refractivity contribution in [1.82, 2.24) is 14.8 Å². The maximum absolute atomic E-state index is 12.3. The molecule has 0 radical (unpaired) electrons. The fourth-order valence-electron chi connectivity index (χ4n) is 3.59. The molecule has 0 bridgehead atoms. The van der Waals surface area contributed by atoms with Gasteiger partial charge in [-0.1, -0.05) is 12.1 Å². The molecule has 3 rings (SSSR count). The number of carbonyl (C=O) groups excluding carboxylic acids is 1. The van der Waals surface area contributed by atoms with E-state index in [1.807, 2.05) is 19.3 Å². The zero-order valence-electron chi connectivity index (χ0n) is 15.4. The number of nitrogens with one attached hydrogen (secondary N) is 1. The lowest BCUT2D eigenvalue weighted by molar-refractivity contribution is -0.122. The van der Waals surface area contributed by atoms with E-state index in [1.54, 1.807) is 12.1 Å². The van der Waals surface area contributed by atoms with Crippen LogP contribution in [0.5, 0.6) is 5.75 Å². The molecule has 146 valence electrons. The van der Waals surface area contributed by atoms with Gasteiger partial charge in [-0.2, -0.15) is 8.78 Å². The number of nitrogens with zero attached hydrogens (tertiary/aromatic N) is 2. The Morgan fingerprint density at radius 2 is 2.07 bits per heavy atom. The molecule has 27 heavy (non-hydrogen) atoms. The summed E-state index contributed by atoms with van der Waals surface area (Å²) in [6, 6.07) is 10.9. The van der Waals surface area contributed by atoms with Crippen molar-refractivity contribution >= 4 is 5.91 Å². The van der Waals surface area contributed by atoms with Crippen LogP contribution < -0.4 is 10.1 Å². The van der Waals surface area contributed by atoms with Crippen molar-refractivity contribution in [3.05, 3.63) is 53.9 Å². The number of aryl methyl sites for hydroxylation is 1. The summed E-state index contributed by atoms with van der Waals surface area (Å²) >= 11 is 0. The standard InChI is InChI=1S/C20H25F2N3O2/c1-24-12-2-4-17(24)18-5-3-13-25(18)14-19(26)23-11-10-15-6-8-16(9-7-15)27-20(21)22/h2,4,6-9,12,18,20H,3,5,10-11,13-14H2,1H3,(H,23,26)/t18-/m1/s1. The summed E-state index contributed by atoms with van der Waals surface area (Å²) in [6.45, 7) is -0.997. The minimum Gasteiger partial charge on any atom is -0.435 e. The number of halogens is 2. The van der Waals surface area contributed by atoms with Gasteiger partial charge >= 0.3 is 6.61 Å². The Labute approximate surface area is 157 Å². The molecule has 5 nitrogen and oxygen atoms in total. The van der Waals surface area contributed by atoms with Crippen LogP contribution in [-0.4, -0.2) is 41.6 Å². The molecule has 2 heterocycles. The largest absolute Gasteiger partial charge is 0.435 e. The lowest BCUT2D eigenvalue weighted by Gasteiger charge is -2.24. The molecule has 1 aliphatic heterocycles. The first-order valence-corrected chi connectivity index (χ1v) is 9.18. The summed E-state index contributed by atoms with van der Waals surface area (Å²) < 4.78 is 30.7. The number of carbonyl (C=O) groups is 1. The van der Waals surface area contributed by atoms with Crippen LogP contribution >= 0.6 is 0 Å². The van der Waals surface area contributed by atoms with Crippen molar-refractivity contribution < 1.29 is 18.3 Å². The topological polar surface area (TPSA) is 46.5 Å². The van der Waals surface area contributed by atoms with Gasteiger partial charge in [0.05, 0.1) is 12.6 Å². The lowest BCUT2D eigenvalue weighted by atomic mass is 10.1. The third kappa shape index (κ3) is 5.29. The average Bonchev–Trinajstić information content (AvgIpc) is 3.24. The van der Waals surface area contributed by atoms with Gasteiger partial charge in [-0.05, 0) is 55.6 Å². The monoisotopic (exact) mass is 377 g/mol. The van der Waals surface area contributed by atoms with E-state index in [2.05, 4.69) is 25.6 Å². The first kappa shape index (κ1) is 19.4. The molecule has 0 aliphatic carbocycles. The van der Waals surface area contributed by atoms with Crippen LogP contribution in [0.4, 0.5) is 8.78 Å². The second kappa shape index (κ2) is 8.99. The molecule has 1 amide bonds. The Hall–Kier alpha value is -2.41. The van der Waals surface area contributed by atoms with Crippen LogP contribution in [0.15, 0.2) is 42.6 Å². The number of aromatic nitrogens is 1. The van der Waals surface area contributed by atoms with E-state index in [1.165, 1.54) is 17.8 Å². The number of hydrogen-bond acceptors (Lipinski definition) is 3. The minimum absolute atomic E-state index is 0.00811. The van der Waals surface area contributed by atoms with Gasteiger partial charge in [-0.15, -0.1) is 0 Å². The highest BCUT2D eigenvalue weighted by Gasteiger charge is 2.28. The highest BCUT2D eigenvalue weighted by molar-refractivity contribution is 5.78. The van der Waals surface area contributed by atoms with E-state index in [0.717, 1.165) is 24.9 Å². The quantitative estimate of drug-likeness (QED) is 0.769. The molecule has 1 aliphatic rings. The molecule has 0 saturated carbocycles. The Morgan fingerprint density at radius 1 is 1.30 bits per heavy atom. The molecule has 1 aromatic carbocycles. The van der Waals surface area contributed by atoms with Crippen LogP contribution in [0.3, 0.4) is 0 Å². The van der Waals surface area contributed by atoms with Crippen molar-refractivity contribution in [1.29, 1.82) is 0 Å². The summed E-state index contributed by atoms with van der Waals surface area (Å²) in [5.41, 5.74) is 2.20. The number of likely N-dealkylation sites (tertiary alicyclic amines) is 1. The van der Waals surface area contributed by atoms with Crippen LogP contribution in [0.2, 0.25) is 0 Å². The van der Waals surface area contributed by atoms with Gasteiger partial charge in [-0.3, -0.25) is 9.69 Å². The van der Waals surface area contributed by atoms with Gasteiger partial charge in [0.2, 0.25) is 5.91 Å². The summed E-state index contributed by atoms with van der Waals surface area (Å²) in [4.78, 5) is 14.5. The smallest absolute Gasteiger partial charge is 0.387 e. The number of rotatable bonds is 8.